The van der Waals surface area contributed by atoms with E-state index in [0.717, 1.165) is 25.8 Å². The van der Waals surface area contributed by atoms with E-state index in [1.165, 1.54) is 9.80 Å². The van der Waals surface area contributed by atoms with Crippen LogP contribution in [-0.2, 0) is 47.9 Å². The maximum Gasteiger partial charge on any atom is 0.326 e. The lowest BCUT2D eigenvalue weighted by Crippen LogP contribution is -2.59. The largest absolute Gasteiger partial charge is 0.480 e. The Balaban J connectivity index is 0.770. The summed E-state index contributed by atoms with van der Waals surface area (Å²) in [6, 6.07) is -7.37. The zero-order valence-corrected chi connectivity index (χ0v) is 41.0. The topological polar surface area (TPSA) is 232 Å². The number of carboxylic acids is 1. The summed E-state index contributed by atoms with van der Waals surface area (Å²) in [5.41, 5.74) is 0. The smallest absolute Gasteiger partial charge is 0.326 e. The zero-order valence-electron chi connectivity index (χ0n) is 41.0. The fourth-order valence-electron chi connectivity index (χ4n) is 14.2. The summed E-state index contributed by atoms with van der Waals surface area (Å²) >= 11 is 0. The monoisotopic (exact) mass is 989 g/mol. The minimum atomic E-state index is -1.06. The lowest BCUT2D eigenvalue weighted by atomic mass is 10.1. The summed E-state index contributed by atoms with van der Waals surface area (Å²) in [7, 11) is 0. The molecule has 0 aromatic carbocycles. The molecular weight excluding hydrogens is 917 g/mol. The average Bonchev–Trinajstić information content (AvgIpc) is 4.21. The van der Waals surface area contributed by atoms with Gasteiger partial charge in [0.25, 0.3) is 0 Å². The van der Waals surface area contributed by atoms with Crippen LogP contribution in [0.2, 0.25) is 0 Å². The Morgan fingerprint density at radius 3 is 0.662 bits per heavy atom. The van der Waals surface area contributed by atoms with Gasteiger partial charge in [-0.15, -0.1) is 0 Å². The van der Waals surface area contributed by atoms with Gasteiger partial charge in [-0.2, -0.15) is 0 Å². The summed E-state index contributed by atoms with van der Waals surface area (Å²) < 4.78 is 0. The first-order valence-corrected chi connectivity index (χ1v) is 27.1. The van der Waals surface area contributed by atoms with Gasteiger partial charge in [0.1, 0.15) is 54.4 Å². The third-order valence-electron chi connectivity index (χ3n) is 17.7. The minimum Gasteiger partial charge on any atom is -0.480 e. The van der Waals surface area contributed by atoms with Crippen LogP contribution in [0.5, 0.6) is 0 Å². The Morgan fingerprint density at radius 1 is 0.268 bits per heavy atom. The summed E-state index contributed by atoms with van der Waals surface area (Å²) in [4.78, 5) is 154. The molecule has 21 nitrogen and oxygen atoms in total. The van der Waals surface area contributed by atoms with Crippen molar-refractivity contribution in [3.05, 3.63) is 0 Å². The Kier molecular flexibility index (Phi) is 14.3. The molecule has 10 rings (SSSR count). The van der Waals surface area contributed by atoms with E-state index >= 15 is 0 Å². The highest BCUT2D eigenvalue weighted by atomic mass is 16.4. The molecule has 9 amide bonds. The third kappa shape index (κ3) is 9.03. The standard InChI is InChI=1S/C50H72N10O11/c61-41(31-11-1-21-51-31)52-22-2-12-32(52)42(62)53-23-3-13-33(53)43(63)54-24-4-14-34(54)44(64)55-25-5-15-35(55)45(65)56-26-6-16-36(56)46(66)57-27-7-17-37(57)47(67)58-28-8-18-38(58)48(68)59-29-9-19-39(59)49(69)60-30-10-20-40(60)50(70)71/h31-40,51H,1-30H2,(H,70,71). The van der Waals surface area contributed by atoms with Crippen LogP contribution in [0.1, 0.15) is 128 Å². The first-order valence-electron chi connectivity index (χ1n) is 27.1. The van der Waals surface area contributed by atoms with Crippen LogP contribution in [0.4, 0.5) is 0 Å². The van der Waals surface area contributed by atoms with Gasteiger partial charge in [-0.1, -0.05) is 0 Å². The molecule has 10 unspecified atom stereocenters. The fraction of sp³-hybridized carbons (Fsp3) is 0.800. The summed E-state index contributed by atoms with van der Waals surface area (Å²) in [5, 5.41) is 13.0. The summed E-state index contributed by atoms with van der Waals surface area (Å²) in [5.74, 6) is -3.53. The average molecular weight is 989 g/mol. The Morgan fingerprint density at radius 2 is 0.465 bits per heavy atom. The molecule has 71 heavy (non-hydrogen) atoms. The number of nitrogens with one attached hydrogen (secondary N) is 1. The van der Waals surface area contributed by atoms with Gasteiger partial charge < -0.3 is 54.5 Å². The van der Waals surface area contributed by atoms with Gasteiger partial charge >= 0.3 is 5.97 Å². The molecule has 0 aromatic rings. The lowest BCUT2D eigenvalue weighted by Gasteiger charge is -2.37. The van der Waals surface area contributed by atoms with Crippen molar-refractivity contribution >= 4 is 59.1 Å². The number of aliphatic carboxylic acids is 1. The predicted octanol–water partition coefficient (Wildman–Crippen LogP) is -0.258. The van der Waals surface area contributed by atoms with E-state index in [9.17, 15) is 53.1 Å². The van der Waals surface area contributed by atoms with E-state index in [1.54, 1.807) is 34.3 Å². The molecule has 10 saturated heterocycles. The van der Waals surface area contributed by atoms with E-state index in [1.807, 2.05) is 0 Å². The van der Waals surface area contributed by atoms with Crippen molar-refractivity contribution < 1.29 is 53.1 Å². The molecule has 0 aromatic heterocycles. The normalized spacial score (nSPS) is 33.1. The van der Waals surface area contributed by atoms with Crippen molar-refractivity contribution in [1.82, 2.24) is 49.4 Å². The van der Waals surface area contributed by atoms with Gasteiger partial charge in [-0.25, -0.2) is 4.79 Å². The molecule has 10 atom stereocenters. The maximum absolute atomic E-state index is 14.6. The molecule has 10 heterocycles. The second-order valence-electron chi connectivity index (χ2n) is 21.7. The summed E-state index contributed by atoms with van der Waals surface area (Å²) in [6.45, 7) is 4.02. The van der Waals surface area contributed by atoms with Crippen LogP contribution in [0.25, 0.3) is 0 Å². The second kappa shape index (κ2) is 20.6. The van der Waals surface area contributed by atoms with Crippen molar-refractivity contribution in [1.29, 1.82) is 0 Å². The molecule has 10 aliphatic heterocycles. The third-order valence-corrected chi connectivity index (χ3v) is 17.7. The van der Waals surface area contributed by atoms with E-state index in [0.29, 0.717) is 168 Å². The molecule has 10 fully saturated rings. The van der Waals surface area contributed by atoms with Crippen molar-refractivity contribution in [2.45, 2.75) is 189 Å². The number of carbonyl (C=O) groups excluding carboxylic acids is 9. The molecule has 0 spiro atoms. The van der Waals surface area contributed by atoms with E-state index in [2.05, 4.69) is 5.32 Å². The quantitative estimate of drug-likeness (QED) is 0.289. The number of carboxylic acid groups (broad SMARTS) is 1. The Bertz CT molecular complexity index is 2170. The zero-order chi connectivity index (χ0) is 49.7. The van der Waals surface area contributed by atoms with Gasteiger partial charge in [0.05, 0.1) is 6.04 Å². The highest BCUT2D eigenvalue weighted by molar-refractivity contribution is 6.00. The van der Waals surface area contributed by atoms with Crippen LogP contribution < -0.4 is 5.32 Å². The number of nitrogens with zero attached hydrogens (tertiary/aromatic N) is 9. The van der Waals surface area contributed by atoms with Gasteiger partial charge in [0.15, 0.2) is 0 Å². The first kappa shape index (κ1) is 49.2. The number of carbonyl (C=O) groups is 10. The Hall–Kier alpha value is -5.34. The summed E-state index contributed by atoms with van der Waals surface area (Å²) in [6.07, 6.45) is 11.0. The van der Waals surface area contributed by atoms with Crippen LogP contribution >= 0.6 is 0 Å². The molecular formula is C50H72N10O11. The van der Waals surface area contributed by atoms with E-state index in [4.69, 9.17) is 0 Å². The fourth-order valence-corrected chi connectivity index (χ4v) is 14.2. The number of hydrogen-bond donors (Lipinski definition) is 2. The molecule has 0 radical (unpaired) electrons. The maximum atomic E-state index is 14.6. The lowest BCUT2D eigenvalue weighted by molar-refractivity contribution is -0.156. The number of hydrogen-bond acceptors (Lipinski definition) is 11. The Labute approximate surface area is 414 Å². The number of rotatable bonds is 10. The molecule has 0 saturated carbocycles. The number of amides is 9. The van der Waals surface area contributed by atoms with E-state index in [-0.39, 0.29) is 59.2 Å². The highest BCUT2D eigenvalue weighted by Crippen LogP contribution is 2.35. The molecule has 388 valence electrons. The molecule has 21 heteroatoms. The molecule has 10 aliphatic rings. The SMILES string of the molecule is O=C(O)C1CCCN1C(=O)C1CCCN1C(=O)C1CCCN1C(=O)C1CCCN1C(=O)C1CCCN1C(=O)C1CCCN1C(=O)C1CCCN1C(=O)C1CCCN1C(=O)C1CCCN1C(=O)C1CCCN1. The molecule has 0 bridgehead atoms. The van der Waals surface area contributed by atoms with Crippen LogP contribution in [0.15, 0.2) is 0 Å². The van der Waals surface area contributed by atoms with Crippen molar-refractivity contribution in [3.63, 3.8) is 0 Å². The van der Waals surface area contributed by atoms with Crippen molar-refractivity contribution in [3.8, 4) is 0 Å². The highest BCUT2D eigenvalue weighted by Gasteiger charge is 2.52. The number of likely N-dealkylation sites (tertiary alicyclic amines) is 9. The van der Waals surface area contributed by atoms with E-state index < -0.39 is 60.3 Å². The van der Waals surface area contributed by atoms with Crippen LogP contribution in [-0.4, -0.2) is 234 Å². The van der Waals surface area contributed by atoms with Crippen LogP contribution in [0, 0.1) is 0 Å². The second-order valence-corrected chi connectivity index (χ2v) is 21.7. The van der Waals surface area contributed by atoms with Gasteiger partial charge in [0.2, 0.25) is 53.2 Å². The predicted molar refractivity (Wildman–Crippen MR) is 251 cm³/mol. The minimum absolute atomic E-state index is 0.0529. The molecule has 2 N–H and O–H groups in total. The van der Waals surface area contributed by atoms with Crippen LogP contribution in [0.3, 0.4) is 0 Å². The molecule has 0 aliphatic carbocycles. The van der Waals surface area contributed by atoms with Gasteiger partial charge in [0, 0.05) is 58.9 Å². The van der Waals surface area contributed by atoms with Gasteiger partial charge in [-0.3, -0.25) is 43.2 Å². The van der Waals surface area contributed by atoms with Crippen molar-refractivity contribution in [2.24, 2.45) is 0 Å². The first-order chi connectivity index (χ1) is 34.3. The van der Waals surface area contributed by atoms with Crippen molar-refractivity contribution in [2.75, 3.05) is 65.4 Å². The van der Waals surface area contributed by atoms with Gasteiger partial charge in [-0.05, 0) is 135 Å².